The van der Waals surface area contributed by atoms with Crippen molar-refractivity contribution in [2.45, 2.75) is 0 Å². The van der Waals surface area contributed by atoms with Crippen LogP contribution in [-0.2, 0) is 0 Å². The number of fused-ring (bicyclic) bond motifs is 8. The summed E-state index contributed by atoms with van der Waals surface area (Å²) in [6, 6.07) is 77.7. The highest BCUT2D eigenvalue weighted by Gasteiger charge is 2.17. The van der Waals surface area contributed by atoms with Gasteiger partial charge in [-0.3, -0.25) is 0 Å². The van der Waals surface area contributed by atoms with Gasteiger partial charge >= 0.3 is 0 Å². The predicted molar refractivity (Wildman–Crippen MR) is 243 cm³/mol. The molecule has 56 heavy (non-hydrogen) atoms. The lowest BCUT2D eigenvalue weighted by Gasteiger charge is -2.26. The van der Waals surface area contributed by atoms with Gasteiger partial charge in [0.05, 0.1) is 0 Å². The van der Waals surface area contributed by atoms with E-state index in [1.807, 2.05) is 11.3 Å². The van der Waals surface area contributed by atoms with E-state index in [9.17, 15) is 0 Å². The van der Waals surface area contributed by atoms with E-state index in [1.165, 1.54) is 85.9 Å². The Kier molecular flexibility index (Phi) is 7.75. The van der Waals surface area contributed by atoms with Gasteiger partial charge in [-0.2, -0.15) is 0 Å². The molecule has 11 rings (SSSR count). The molecule has 0 saturated carbocycles. The van der Waals surface area contributed by atoms with E-state index in [0.717, 1.165) is 17.1 Å². The molecule has 1 nitrogen and oxygen atoms in total. The van der Waals surface area contributed by atoms with Gasteiger partial charge in [0.2, 0.25) is 0 Å². The van der Waals surface area contributed by atoms with Crippen LogP contribution in [0.2, 0.25) is 0 Å². The first-order chi connectivity index (χ1) is 27.7. The maximum atomic E-state index is 2.38. The molecule has 262 valence electrons. The monoisotopic (exact) mass is 729 g/mol. The second-order valence-electron chi connectivity index (χ2n) is 14.5. The summed E-state index contributed by atoms with van der Waals surface area (Å²) >= 11 is 1.86. The van der Waals surface area contributed by atoms with E-state index >= 15 is 0 Å². The Hall–Kier alpha value is -7.00. The zero-order valence-electron chi connectivity index (χ0n) is 30.6. The standard InChI is InChI=1S/C54H35NS/c1-2-10-36(11-3-1)37-24-29-44(30-25-37)55(46-14-8-13-42(35-46)48-17-9-19-52-54(48)50-16-6-7-18-51(50)56-52)45-31-26-38(27-32-45)41-28-33-49-43(34-41)23-22-40-21-20-39-12-4-5-15-47(39)53(40)49/h1-35H. The van der Waals surface area contributed by atoms with Crippen LogP contribution in [0, 0.1) is 0 Å². The van der Waals surface area contributed by atoms with E-state index in [0.29, 0.717) is 0 Å². The van der Waals surface area contributed by atoms with E-state index in [2.05, 4.69) is 217 Å². The lowest BCUT2D eigenvalue weighted by atomic mass is 9.94. The van der Waals surface area contributed by atoms with Crippen LogP contribution < -0.4 is 4.90 Å². The summed E-state index contributed by atoms with van der Waals surface area (Å²) in [5.74, 6) is 0. The number of rotatable bonds is 6. The van der Waals surface area contributed by atoms with E-state index in [1.54, 1.807) is 0 Å². The highest BCUT2D eigenvalue weighted by atomic mass is 32.1. The summed E-state index contributed by atoms with van der Waals surface area (Å²) in [5.41, 5.74) is 10.6. The lowest BCUT2D eigenvalue weighted by Crippen LogP contribution is -2.10. The largest absolute Gasteiger partial charge is 0.310 e. The number of thiophene rings is 1. The van der Waals surface area contributed by atoms with Gasteiger partial charge in [-0.15, -0.1) is 11.3 Å². The summed E-state index contributed by atoms with van der Waals surface area (Å²) in [4.78, 5) is 2.38. The molecule has 0 aliphatic heterocycles. The molecule has 0 fully saturated rings. The van der Waals surface area contributed by atoms with Crippen molar-refractivity contribution < 1.29 is 0 Å². The van der Waals surface area contributed by atoms with Crippen molar-refractivity contribution in [2.75, 3.05) is 4.90 Å². The third-order valence-electron chi connectivity index (χ3n) is 11.2. The molecule has 1 heterocycles. The first-order valence-electron chi connectivity index (χ1n) is 19.2. The second-order valence-corrected chi connectivity index (χ2v) is 15.6. The van der Waals surface area contributed by atoms with E-state index in [4.69, 9.17) is 0 Å². The highest BCUT2D eigenvalue weighted by molar-refractivity contribution is 7.25. The molecular formula is C54H35NS. The molecule has 0 radical (unpaired) electrons. The minimum atomic E-state index is 1.11. The zero-order chi connectivity index (χ0) is 37.0. The molecule has 0 amide bonds. The molecule has 0 atom stereocenters. The normalized spacial score (nSPS) is 11.6. The van der Waals surface area contributed by atoms with Crippen molar-refractivity contribution in [3.8, 4) is 33.4 Å². The van der Waals surface area contributed by atoms with Crippen LogP contribution in [0.5, 0.6) is 0 Å². The third kappa shape index (κ3) is 5.54. The summed E-state index contributed by atoms with van der Waals surface area (Å²) in [6.45, 7) is 0. The molecule has 0 spiro atoms. The van der Waals surface area contributed by atoms with Crippen LogP contribution in [-0.4, -0.2) is 0 Å². The molecule has 1 aromatic heterocycles. The topological polar surface area (TPSA) is 3.24 Å². The molecule has 0 unspecified atom stereocenters. The van der Waals surface area contributed by atoms with Crippen LogP contribution in [0.1, 0.15) is 0 Å². The Morgan fingerprint density at radius 3 is 1.66 bits per heavy atom. The summed E-state index contributed by atoms with van der Waals surface area (Å²) < 4.78 is 2.63. The molecule has 2 heteroatoms. The quantitative estimate of drug-likeness (QED) is 0.154. The number of hydrogen-bond donors (Lipinski definition) is 0. The van der Waals surface area contributed by atoms with Crippen molar-refractivity contribution in [2.24, 2.45) is 0 Å². The van der Waals surface area contributed by atoms with Gasteiger partial charge in [0, 0.05) is 37.2 Å². The molecule has 11 aromatic rings. The van der Waals surface area contributed by atoms with Crippen molar-refractivity contribution in [3.05, 3.63) is 212 Å². The van der Waals surface area contributed by atoms with Gasteiger partial charge in [-0.25, -0.2) is 0 Å². The highest BCUT2D eigenvalue weighted by Crippen LogP contribution is 2.43. The average molecular weight is 730 g/mol. The van der Waals surface area contributed by atoms with Crippen molar-refractivity contribution in [1.82, 2.24) is 0 Å². The van der Waals surface area contributed by atoms with Crippen LogP contribution in [0.25, 0.3) is 85.9 Å². The smallest absolute Gasteiger partial charge is 0.0467 e. The van der Waals surface area contributed by atoms with Crippen LogP contribution in [0.15, 0.2) is 212 Å². The number of nitrogens with zero attached hydrogens (tertiary/aromatic N) is 1. The Balaban J connectivity index is 1.01. The summed E-state index contributed by atoms with van der Waals surface area (Å²) in [7, 11) is 0. The second kappa shape index (κ2) is 13.4. The lowest BCUT2D eigenvalue weighted by molar-refractivity contribution is 1.28. The Bertz CT molecular complexity index is 3230. The van der Waals surface area contributed by atoms with Crippen LogP contribution in [0.4, 0.5) is 17.1 Å². The molecule has 0 aliphatic rings. The van der Waals surface area contributed by atoms with Gasteiger partial charge in [-0.05, 0) is 120 Å². The van der Waals surface area contributed by atoms with Crippen LogP contribution in [0.3, 0.4) is 0 Å². The SMILES string of the molecule is c1ccc(-c2ccc(N(c3ccc(-c4ccc5c(ccc6ccc7ccccc7c65)c4)cc3)c3cccc(-c4cccc5sc6ccccc6c45)c3)cc2)cc1. The van der Waals surface area contributed by atoms with Gasteiger partial charge < -0.3 is 4.90 Å². The zero-order valence-corrected chi connectivity index (χ0v) is 31.4. The Morgan fingerprint density at radius 2 is 0.857 bits per heavy atom. The third-order valence-corrected chi connectivity index (χ3v) is 12.4. The first kappa shape index (κ1) is 32.4. The molecule has 0 bridgehead atoms. The minimum Gasteiger partial charge on any atom is -0.310 e. The fourth-order valence-corrected chi connectivity index (χ4v) is 9.66. The Labute approximate surface area is 330 Å². The molecule has 10 aromatic carbocycles. The molecule has 0 aliphatic carbocycles. The number of hydrogen-bond acceptors (Lipinski definition) is 2. The number of anilines is 3. The van der Waals surface area contributed by atoms with Gasteiger partial charge in [0.1, 0.15) is 0 Å². The number of benzene rings is 10. The van der Waals surface area contributed by atoms with Crippen molar-refractivity contribution in [3.63, 3.8) is 0 Å². The average Bonchev–Trinajstić information content (AvgIpc) is 3.66. The van der Waals surface area contributed by atoms with E-state index in [-0.39, 0.29) is 0 Å². The maximum absolute atomic E-state index is 2.38. The van der Waals surface area contributed by atoms with Gasteiger partial charge in [0.25, 0.3) is 0 Å². The van der Waals surface area contributed by atoms with Crippen molar-refractivity contribution >= 4 is 80.9 Å². The van der Waals surface area contributed by atoms with Gasteiger partial charge in [-0.1, -0.05) is 158 Å². The molecular weight excluding hydrogens is 695 g/mol. The van der Waals surface area contributed by atoms with E-state index < -0.39 is 0 Å². The first-order valence-corrected chi connectivity index (χ1v) is 20.0. The van der Waals surface area contributed by atoms with Crippen LogP contribution >= 0.6 is 11.3 Å². The van der Waals surface area contributed by atoms with Gasteiger partial charge in [0.15, 0.2) is 0 Å². The summed E-state index contributed by atoms with van der Waals surface area (Å²) in [6.07, 6.45) is 0. The predicted octanol–water partition coefficient (Wildman–Crippen LogP) is 16.0. The minimum absolute atomic E-state index is 1.11. The Morgan fingerprint density at radius 1 is 0.286 bits per heavy atom. The molecule has 0 N–H and O–H groups in total. The maximum Gasteiger partial charge on any atom is 0.0467 e. The fraction of sp³-hybridized carbons (Fsp3) is 0. The summed E-state index contributed by atoms with van der Waals surface area (Å²) in [5, 5.41) is 10.3. The van der Waals surface area contributed by atoms with Crippen molar-refractivity contribution in [1.29, 1.82) is 0 Å². The molecule has 0 saturated heterocycles. The fourth-order valence-electron chi connectivity index (χ4n) is 8.53.